The molecule has 0 unspecified atom stereocenters. The Balaban J connectivity index is 2.35. The lowest BCUT2D eigenvalue weighted by molar-refractivity contribution is -0.140. The van der Waals surface area contributed by atoms with Crippen LogP contribution in [-0.4, -0.2) is 23.8 Å². The minimum Gasteiger partial charge on any atom is -0.469 e. The normalized spacial score (nSPS) is 10.3. The van der Waals surface area contributed by atoms with Crippen LogP contribution in [0.3, 0.4) is 0 Å². The number of esters is 1. The zero-order valence-electron chi connectivity index (χ0n) is 8.99. The maximum absolute atomic E-state index is 10.9. The third-order valence-corrected chi connectivity index (χ3v) is 3.81. The van der Waals surface area contributed by atoms with Gasteiger partial charge in [-0.2, -0.15) is 11.8 Å². The van der Waals surface area contributed by atoms with E-state index >= 15 is 0 Å². The fourth-order valence-corrected chi connectivity index (χ4v) is 2.63. The largest absolute Gasteiger partial charge is 0.469 e. The highest BCUT2D eigenvalue weighted by Gasteiger charge is 2.05. The molecule has 0 radical (unpaired) electrons. The summed E-state index contributed by atoms with van der Waals surface area (Å²) in [5.41, 5.74) is 0.997. The molecule has 0 aromatic carbocycles. The molecule has 0 aliphatic carbocycles. The number of aryl methyl sites for hydroxylation is 1. The molecular weight excluding hydrogens is 230 g/mol. The number of carbonyl (C=O) groups excluding carboxylic acids is 1. The lowest BCUT2D eigenvalue weighted by Gasteiger charge is -1.96. The second kappa shape index (κ2) is 6.85. The van der Waals surface area contributed by atoms with E-state index in [0.29, 0.717) is 12.8 Å². The molecule has 0 amide bonds. The lowest BCUT2D eigenvalue weighted by atomic mass is 10.2. The zero-order chi connectivity index (χ0) is 11.1. The van der Waals surface area contributed by atoms with Crippen molar-refractivity contribution in [2.24, 2.45) is 0 Å². The Bertz CT molecular complexity index is 312. The van der Waals surface area contributed by atoms with Gasteiger partial charge >= 0.3 is 5.97 Å². The Morgan fingerprint density at radius 3 is 3.13 bits per heavy atom. The van der Waals surface area contributed by atoms with Crippen LogP contribution < -0.4 is 0 Å². The van der Waals surface area contributed by atoms with E-state index in [1.54, 1.807) is 11.3 Å². The van der Waals surface area contributed by atoms with Gasteiger partial charge in [0.05, 0.1) is 19.2 Å². The van der Waals surface area contributed by atoms with Crippen molar-refractivity contribution in [3.63, 3.8) is 0 Å². The maximum atomic E-state index is 10.9. The highest BCUT2D eigenvalue weighted by atomic mass is 32.2. The van der Waals surface area contributed by atoms with Crippen molar-refractivity contribution >= 4 is 29.1 Å². The first kappa shape index (κ1) is 12.5. The Kier molecular flexibility index (Phi) is 5.71. The van der Waals surface area contributed by atoms with Gasteiger partial charge in [-0.15, -0.1) is 11.3 Å². The van der Waals surface area contributed by atoms with Crippen LogP contribution >= 0.6 is 23.1 Å². The number of hydrogen-bond acceptors (Lipinski definition) is 5. The van der Waals surface area contributed by atoms with Crippen LogP contribution in [0.2, 0.25) is 0 Å². The van der Waals surface area contributed by atoms with E-state index in [1.807, 2.05) is 17.1 Å². The number of methoxy groups -OCH3 is 1. The predicted octanol–water partition coefficient (Wildman–Crippen LogP) is 2.50. The summed E-state index contributed by atoms with van der Waals surface area (Å²) in [4.78, 5) is 15.4. The molecule has 0 fully saturated rings. The predicted molar refractivity (Wildman–Crippen MR) is 64.3 cm³/mol. The number of rotatable bonds is 6. The van der Waals surface area contributed by atoms with Gasteiger partial charge < -0.3 is 4.74 Å². The van der Waals surface area contributed by atoms with Crippen molar-refractivity contribution in [2.75, 3.05) is 12.9 Å². The summed E-state index contributed by atoms with van der Waals surface area (Å²) in [6, 6.07) is 0. The summed E-state index contributed by atoms with van der Waals surface area (Å²) in [7, 11) is 1.41. The molecule has 1 rings (SSSR count). The van der Waals surface area contributed by atoms with Crippen LogP contribution in [0.25, 0.3) is 0 Å². The monoisotopic (exact) mass is 245 g/mol. The molecule has 0 spiro atoms. The van der Waals surface area contributed by atoms with Gasteiger partial charge in [0.1, 0.15) is 5.01 Å². The van der Waals surface area contributed by atoms with Gasteiger partial charge in [0.15, 0.2) is 0 Å². The quantitative estimate of drug-likeness (QED) is 0.722. The highest BCUT2D eigenvalue weighted by Crippen LogP contribution is 2.17. The molecule has 1 heterocycles. The van der Waals surface area contributed by atoms with E-state index in [-0.39, 0.29) is 5.97 Å². The summed E-state index contributed by atoms with van der Waals surface area (Å²) in [5, 5.41) is 3.16. The average molecular weight is 245 g/mol. The Morgan fingerprint density at radius 2 is 2.47 bits per heavy atom. The van der Waals surface area contributed by atoms with Crippen molar-refractivity contribution in [1.29, 1.82) is 0 Å². The van der Waals surface area contributed by atoms with Crippen molar-refractivity contribution in [2.45, 2.75) is 25.5 Å². The molecule has 0 N–H and O–H groups in total. The third kappa shape index (κ3) is 4.66. The smallest absolute Gasteiger partial charge is 0.305 e. The molecule has 0 saturated heterocycles. The van der Waals surface area contributed by atoms with Crippen LogP contribution in [-0.2, 0) is 21.7 Å². The molecule has 3 nitrogen and oxygen atoms in total. The van der Waals surface area contributed by atoms with E-state index in [1.165, 1.54) is 7.11 Å². The first-order valence-corrected chi connectivity index (χ1v) is 6.87. The summed E-state index contributed by atoms with van der Waals surface area (Å²) in [6.07, 6.45) is 1.10. The van der Waals surface area contributed by atoms with Crippen LogP contribution in [0.4, 0.5) is 0 Å². The second-order valence-electron chi connectivity index (χ2n) is 2.95. The van der Waals surface area contributed by atoms with Crippen molar-refractivity contribution in [3.8, 4) is 0 Å². The molecule has 1 aromatic heterocycles. The summed E-state index contributed by atoms with van der Waals surface area (Å²) in [6.45, 7) is 2.14. The van der Waals surface area contributed by atoms with Gasteiger partial charge in [0, 0.05) is 17.6 Å². The standard InChI is InChI=1S/C10H15NO2S2/c1-3-14-7-9-11-8(6-15-9)4-5-10(12)13-2/h6H,3-5,7H2,1-2H3. The summed E-state index contributed by atoms with van der Waals surface area (Å²) < 4.78 is 4.58. The number of ether oxygens (including phenoxy) is 1. The van der Waals surface area contributed by atoms with Crippen molar-refractivity contribution < 1.29 is 9.53 Å². The van der Waals surface area contributed by atoms with Crippen LogP contribution in [0.15, 0.2) is 5.38 Å². The van der Waals surface area contributed by atoms with E-state index in [4.69, 9.17) is 0 Å². The van der Waals surface area contributed by atoms with Gasteiger partial charge in [-0.3, -0.25) is 4.79 Å². The molecular formula is C10H15NO2S2. The third-order valence-electron chi connectivity index (χ3n) is 1.84. The lowest BCUT2D eigenvalue weighted by Crippen LogP contribution is -2.02. The molecule has 0 aliphatic heterocycles. The van der Waals surface area contributed by atoms with Crippen molar-refractivity contribution in [1.82, 2.24) is 4.98 Å². The Morgan fingerprint density at radius 1 is 1.67 bits per heavy atom. The minimum atomic E-state index is -0.174. The first-order valence-electron chi connectivity index (χ1n) is 4.84. The van der Waals surface area contributed by atoms with Gasteiger partial charge in [0.2, 0.25) is 0 Å². The SMILES string of the molecule is CCSCc1nc(CCC(=O)OC)cs1. The molecule has 0 atom stereocenters. The fraction of sp³-hybridized carbons (Fsp3) is 0.600. The average Bonchev–Trinajstić information content (AvgIpc) is 2.71. The molecule has 15 heavy (non-hydrogen) atoms. The van der Waals surface area contributed by atoms with Gasteiger partial charge in [-0.05, 0) is 5.75 Å². The second-order valence-corrected chi connectivity index (χ2v) is 5.16. The number of aromatic nitrogens is 1. The number of thiazole rings is 1. The molecule has 5 heteroatoms. The van der Waals surface area contributed by atoms with Crippen LogP contribution in [0.5, 0.6) is 0 Å². The van der Waals surface area contributed by atoms with Gasteiger partial charge in [0.25, 0.3) is 0 Å². The Hall–Kier alpha value is -0.550. The van der Waals surface area contributed by atoms with Crippen LogP contribution in [0, 0.1) is 0 Å². The molecule has 84 valence electrons. The van der Waals surface area contributed by atoms with Crippen LogP contribution in [0.1, 0.15) is 24.0 Å². The summed E-state index contributed by atoms with van der Waals surface area (Å²) in [5.74, 6) is 1.91. The Labute approximate surface area is 98.2 Å². The molecule has 0 bridgehead atoms. The summed E-state index contributed by atoms with van der Waals surface area (Å²) >= 11 is 3.52. The van der Waals surface area contributed by atoms with E-state index in [9.17, 15) is 4.79 Å². The maximum Gasteiger partial charge on any atom is 0.305 e. The number of hydrogen-bond donors (Lipinski definition) is 0. The minimum absolute atomic E-state index is 0.174. The van der Waals surface area contributed by atoms with E-state index in [0.717, 1.165) is 22.2 Å². The fourth-order valence-electron chi connectivity index (χ4n) is 1.05. The topological polar surface area (TPSA) is 39.2 Å². The van der Waals surface area contributed by atoms with E-state index < -0.39 is 0 Å². The van der Waals surface area contributed by atoms with Gasteiger partial charge in [-0.1, -0.05) is 6.92 Å². The van der Waals surface area contributed by atoms with Crippen molar-refractivity contribution in [3.05, 3.63) is 16.1 Å². The highest BCUT2D eigenvalue weighted by molar-refractivity contribution is 7.98. The number of carbonyl (C=O) groups is 1. The van der Waals surface area contributed by atoms with E-state index in [2.05, 4.69) is 16.6 Å². The van der Waals surface area contributed by atoms with Gasteiger partial charge in [-0.25, -0.2) is 4.98 Å². The molecule has 0 saturated carbocycles. The molecule has 1 aromatic rings. The number of thioether (sulfide) groups is 1. The first-order chi connectivity index (χ1) is 7.26. The number of nitrogens with zero attached hydrogens (tertiary/aromatic N) is 1. The molecule has 0 aliphatic rings. The zero-order valence-corrected chi connectivity index (χ0v) is 10.6.